The molecule has 6 rings (SSSR count). The second-order valence-corrected chi connectivity index (χ2v) is 12.8. The van der Waals surface area contributed by atoms with E-state index in [0.29, 0.717) is 16.2 Å². The highest BCUT2D eigenvalue weighted by Crippen LogP contribution is 2.72. The number of carbonyl (C=O) groups excluding carboxylic acids is 3. The number of rotatable bonds is 3. The van der Waals surface area contributed by atoms with E-state index in [1.165, 1.54) is 6.92 Å². The van der Waals surface area contributed by atoms with Crippen molar-refractivity contribution in [2.24, 2.45) is 0 Å². The summed E-state index contributed by atoms with van der Waals surface area (Å²) >= 11 is 3.50. The van der Waals surface area contributed by atoms with Crippen LogP contribution in [0.1, 0.15) is 45.7 Å². The standard InChI is InChI=1S/C30H25NO4S2/c1-16-23-21-22(28(34)31(27(21)33)35-18(3)32)24-17(2)26(20-14-10-7-11-15-20)37-30(24,5)29(23,4)36-25(16)19-12-8-6-9-13-19/h6-15H,1-5H3. The van der Waals surface area contributed by atoms with Gasteiger partial charge in [-0.15, -0.1) is 23.5 Å². The number of nitrogens with zero attached hydrogens (tertiary/aromatic N) is 1. The summed E-state index contributed by atoms with van der Waals surface area (Å²) in [6.07, 6.45) is 0. The largest absolute Gasteiger partial charge is 0.330 e. The summed E-state index contributed by atoms with van der Waals surface area (Å²) in [6, 6.07) is 20.3. The second-order valence-electron chi connectivity index (χ2n) is 9.90. The van der Waals surface area contributed by atoms with E-state index in [4.69, 9.17) is 4.84 Å². The van der Waals surface area contributed by atoms with Crippen LogP contribution < -0.4 is 0 Å². The van der Waals surface area contributed by atoms with Crippen molar-refractivity contribution in [3.05, 3.63) is 105 Å². The molecule has 0 aromatic heterocycles. The zero-order valence-corrected chi connectivity index (χ0v) is 22.8. The number of imide groups is 1. The summed E-state index contributed by atoms with van der Waals surface area (Å²) in [5, 5.41) is 0.649. The van der Waals surface area contributed by atoms with Gasteiger partial charge in [0, 0.05) is 16.7 Å². The van der Waals surface area contributed by atoms with Crippen LogP contribution in [0, 0.1) is 0 Å². The minimum Gasteiger partial charge on any atom is -0.330 e. The van der Waals surface area contributed by atoms with E-state index >= 15 is 0 Å². The third-order valence-electron chi connectivity index (χ3n) is 7.75. The first-order valence-corrected chi connectivity index (χ1v) is 13.7. The van der Waals surface area contributed by atoms with Gasteiger partial charge in [-0.2, -0.15) is 0 Å². The van der Waals surface area contributed by atoms with Gasteiger partial charge < -0.3 is 4.84 Å². The number of hydroxylamine groups is 2. The average molecular weight is 528 g/mol. The molecule has 0 spiro atoms. The van der Waals surface area contributed by atoms with Gasteiger partial charge in [0.15, 0.2) is 0 Å². The van der Waals surface area contributed by atoms with Gasteiger partial charge in [0.1, 0.15) is 0 Å². The van der Waals surface area contributed by atoms with Gasteiger partial charge in [-0.05, 0) is 61.1 Å². The number of hydrogen-bond acceptors (Lipinski definition) is 6. The number of thioether (sulfide) groups is 2. The minimum atomic E-state index is -0.710. The summed E-state index contributed by atoms with van der Waals surface area (Å²) in [7, 11) is 0. The number of carbonyl (C=O) groups is 3. The van der Waals surface area contributed by atoms with Crippen molar-refractivity contribution >= 4 is 51.1 Å². The maximum atomic E-state index is 13.8. The van der Waals surface area contributed by atoms with Crippen LogP contribution in [-0.4, -0.2) is 32.3 Å². The SMILES string of the molecule is CC(=O)ON1C(=O)C2=C3C(C)=C(c4ccccc4)SC3(C)C3(C)SC(c4ccccc4)=C(C)C3=C2C1=O. The van der Waals surface area contributed by atoms with Crippen LogP contribution in [0.4, 0.5) is 0 Å². The molecule has 0 bridgehead atoms. The normalized spacial score (nSPS) is 26.8. The van der Waals surface area contributed by atoms with Crippen LogP contribution in [0.15, 0.2) is 94.1 Å². The van der Waals surface area contributed by atoms with Gasteiger partial charge in [-0.1, -0.05) is 65.7 Å². The van der Waals surface area contributed by atoms with Crippen molar-refractivity contribution in [1.29, 1.82) is 0 Å². The molecule has 1 saturated heterocycles. The van der Waals surface area contributed by atoms with Crippen LogP contribution in [-0.2, 0) is 19.2 Å². The summed E-state index contributed by atoms with van der Waals surface area (Å²) in [4.78, 5) is 46.8. The molecular formula is C30H25NO4S2. The molecule has 1 fully saturated rings. The maximum Gasteiger partial charge on any atom is 0.330 e. The van der Waals surface area contributed by atoms with Crippen molar-refractivity contribution in [3.63, 3.8) is 0 Å². The predicted octanol–water partition coefficient (Wildman–Crippen LogP) is 6.31. The predicted molar refractivity (Wildman–Crippen MR) is 148 cm³/mol. The van der Waals surface area contributed by atoms with Crippen LogP contribution in [0.3, 0.4) is 0 Å². The van der Waals surface area contributed by atoms with E-state index in [0.717, 1.165) is 43.2 Å². The lowest BCUT2D eigenvalue weighted by molar-refractivity contribution is -0.194. The smallest absolute Gasteiger partial charge is 0.330 e. The van der Waals surface area contributed by atoms with E-state index in [1.807, 2.05) is 50.2 Å². The Labute approximate surface area is 224 Å². The second kappa shape index (κ2) is 8.10. The van der Waals surface area contributed by atoms with E-state index in [-0.39, 0.29) is 0 Å². The highest BCUT2D eigenvalue weighted by Gasteiger charge is 2.65. The fourth-order valence-corrected chi connectivity index (χ4v) is 9.44. The van der Waals surface area contributed by atoms with Crippen LogP contribution in [0.2, 0.25) is 0 Å². The molecule has 3 aliphatic heterocycles. The molecule has 0 radical (unpaired) electrons. The van der Waals surface area contributed by atoms with E-state index in [2.05, 4.69) is 38.1 Å². The van der Waals surface area contributed by atoms with Gasteiger partial charge in [0.05, 0.1) is 20.6 Å². The number of allylic oxidation sites excluding steroid dienone is 2. The Morgan fingerprint density at radius 2 is 1.11 bits per heavy atom. The Balaban J connectivity index is 1.67. The van der Waals surface area contributed by atoms with Crippen molar-refractivity contribution in [2.75, 3.05) is 0 Å². The quantitative estimate of drug-likeness (QED) is 0.436. The third kappa shape index (κ3) is 3.10. The molecule has 2 unspecified atom stereocenters. The van der Waals surface area contributed by atoms with Gasteiger partial charge in [-0.3, -0.25) is 9.59 Å². The lowest BCUT2D eigenvalue weighted by Crippen LogP contribution is -2.48. The number of benzene rings is 2. The summed E-state index contributed by atoms with van der Waals surface area (Å²) in [5.74, 6) is -1.87. The molecule has 5 nitrogen and oxygen atoms in total. The van der Waals surface area contributed by atoms with Crippen LogP contribution in [0.25, 0.3) is 9.81 Å². The molecule has 2 aromatic carbocycles. The third-order valence-corrected chi connectivity index (χ3v) is 11.4. The van der Waals surface area contributed by atoms with Crippen molar-refractivity contribution < 1.29 is 19.2 Å². The fraction of sp³-hybridized carbons (Fsp3) is 0.233. The van der Waals surface area contributed by atoms with E-state index in [9.17, 15) is 14.4 Å². The Kier molecular flexibility index (Phi) is 5.27. The maximum absolute atomic E-state index is 13.8. The lowest BCUT2D eigenvalue weighted by Gasteiger charge is -2.46. The first-order chi connectivity index (χ1) is 17.6. The van der Waals surface area contributed by atoms with Gasteiger partial charge in [0.25, 0.3) is 11.8 Å². The molecule has 186 valence electrons. The average Bonchev–Trinajstić information content (AvgIpc) is 3.41. The van der Waals surface area contributed by atoms with Crippen LogP contribution in [0.5, 0.6) is 0 Å². The molecule has 2 atom stereocenters. The van der Waals surface area contributed by atoms with Gasteiger partial charge in [0.2, 0.25) is 0 Å². The number of hydrogen-bond donors (Lipinski definition) is 0. The lowest BCUT2D eigenvalue weighted by atomic mass is 9.68. The molecule has 7 heteroatoms. The first-order valence-electron chi connectivity index (χ1n) is 12.1. The topological polar surface area (TPSA) is 63.7 Å². The van der Waals surface area contributed by atoms with Crippen LogP contribution >= 0.6 is 23.5 Å². The summed E-state index contributed by atoms with van der Waals surface area (Å²) in [6.45, 7) is 9.60. The molecule has 2 amide bonds. The highest BCUT2D eigenvalue weighted by atomic mass is 32.2. The number of amides is 2. The minimum absolute atomic E-state index is 0.353. The molecule has 2 aromatic rings. The van der Waals surface area contributed by atoms with Gasteiger partial charge >= 0.3 is 5.97 Å². The molecular weight excluding hydrogens is 502 g/mol. The van der Waals surface area contributed by atoms with Gasteiger partial charge in [-0.25, -0.2) is 4.79 Å². The van der Waals surface area contributed by atoms with E-state index in [1.54, 1.807) is 23.5 Å². The molecule has 1 aliphatic carbocycles. The zero-order valence-electron chi connectivity index (χ0n) is 21.2. The Morgan fingerprint density at radius 1 is 0.730 bits per heavy atom. The molecule has 37 heavy (non-hydrogen) atoms. The molecule has 4 aliphatic rings. The number of fused-ring (bicyclic) bond motifs is 4. The summed E-state index contributed by atoms with van der Waals surface area (Å²) in [5.41, 5.74) is 6.50. The molecule has 0 saturated carbocycles. The van der Waals surface area contributed by atoms with Crippen molar-refractivity contribution in [3.8, 4) is 0 Å². The Morgan fingerprint density at radius 3 is 1.46 bits per heavy atom. The highest BCUT2D eigenvalue weighted by molar-refractivity contribution is 8.14. The van der Waals surface area contributed by atoms with Crippen molar-refractivity contribution in [1.82, 2.24) is 5.06 Å². The molecule has 3 heterocycles. The molecule has 0 N–H and O–H groups in total. The fourth-order valence-electron chi connectivity index (χ4n) is 6.04. The first kappa shape index (κ1) is 24.1. The Hall–Kier alpha value is -3.29. The Bertz CT molecular complexity index is 1440. The zero-order chi connectivity index (χ0) is 26.3. The van der Waals surface area contributed by atoms with Crippen molar-refractivity contribution in [2.45, 2.75) is 44.1 Å². The summed E-state index contributed by atoms with van der Waals surface area (Å²) < 4.78 is -1.11. The monoisotopic (exact) mass is 527 g/mol. The van der Waals surface area contributed by atoms with E-state index < -0.39 is 27.3 Å².